The Balaban J connectivity index is 2.87. The van der Waals surface area contributed by atoms with E-state index in [-0.39, 0.29) is 18.7 Å². The molecule has 0 fully saturated rings. The second-order valence-corrected chi connectivity index (χ2v) is 5.77. The molecule has 116 valence electrons. The van der Waals surface area contributed by atoms with Crippen molar-refractivity contribution < 1.29 is 19.9 Å². The monoisotopic (exact) mass is 314 g/mol. The Hall–Kier alpha value is -1.64. The summed E-state index contributed by atoms with van der Waals surface area (Å²) in [5.74, 6) is -0.809. The van der Waals surface area contributed by atoms with Crippen LogP contribution < -0.4 is 5.32 Å². The smallest absolute Gasteiger partial charge is 0.343 e. The number of carboxylic acid groups (broad SMARTS) is 1. The maximum absolute atomic E-state index is 11.2. The first-order valence-electron chi connectivity index (χ1n) is 6.20. The molecule has 0 aromatic heterocycles. The maximum Gasteiger partial charge on any atom is 0.343 e. The Kier molecular flexibility index (Phi) is 6.13. The molecular weight excluding hydrogens is 296 g/mol. The van der Waals surface area contributed by atoms with Crippen LogP contribution in [0.3, 0.4) is 0 Å². The molecule has 1 aromatic carbocycles. The van der Waals surface area contributed by atoms with E-state index in [1.165, 1.54) is 23.9 Å². The van der Waals surface area contributed by atoms with Gasteiger partial charge in [0.1, 0.15) is 5.56 Å². The molecule has 1 unspecified atom stereocenters. The van der Waals surface area contributed by atoms with E-state index >= 15 is 0 Å². The van der Waals surface area contributed by atoms with Gasteiger partial charge in [-0.25, -0.2) is 4.79 Å². The molecule has 21 heavy (non-hydrogen) atoms. The van der Waals surface area contributed by atoms with Crippen LogP contribution in [-0.2, 0) is 6.54 Å². The van der Waals surface area contributed by atoms with Gasteiger partial charge in [0.05, 0.1) is 10.5 Å². The molecule has 0 spiro atoms. The molecule has 0 bridgehead atoms. The second-order valence-electron chi connectivity index (χ2n) is 4.91. The Morgan fingerprint density at radius 3 is 2.71 bits per heavy atom. The number of aliphatic hydroxyl groups is 1. The minimum atomic E-state index is -1.34. The zero-order chi connectivity index (χ0) is 16.0. The van der Waals surface area contributed by atoms with Crippen LogP contribution in [-0.4, -0.2) is 45.3 Å². The van der Waals surface area contributed by atoms with Gasteiger partial charge < -0.3 is 15.5 Å². The Labute approximate surface area is 126 Å². The van der Waals surface area contributed by atoms with Crippen LogP contribution in [0.5, 0.6) is 0 Å². The van der Waals surface area contributed by atoms with Crippen LogP contribution in [0.25, 0.3) is 0 Å². The zero-order valence-corrected chi connectivity index (χ0v) is 12.6. The van der Waals surface area contributed by atoms with Crippen LogP contribution in [0, 0.1) is 10.1 Å². The fourth-order valence-corrected chi connectivity index (χ4v) is 2.69. The second kappa shape index (κ2) is 7.39. The van der Waals surface area contributed by atoms with Crippen molar-refractivity contribution in [1.29, 1.82) is 0 Å². The lowest BCUT2D eigenvalue weighted by atomic mass is 10.0. The minimum Gasteiger partial charge on any atom is -0.477 e. The highest BCUT2D eigenvalue weighted by atomic mass is 32.2. The predicted molar refractivity (Wildman–Crippen MR) is 80.8 cm³/mol. The summed E-state index contributed by atoms with van der Waals surface area (Å²) < 4.78 is 0. The van der Waals surface area contributed by atoms with Crippen LogP contribution in [0.2, 0.25) is 0 Å². The van der Waals surface area contributed by atoms with Gasteiger partial charge in [0.25, 0.3) is 5.69 Å². The third-order valence-corrected chi connectivity index (χ3v) is 3.73. The molecule has 0 radical (unpaired) electrons. The van der Waals surface area contributed by atoms with E-state index in [9.17, 15) is 20.0 Å². The molecular formula is C13H18N2O5S. The highest BCUT2D eigenvalue weighted by Gasteiger charge is 2.24. The Morgan fingerprint density at radius 2 is 2.19 bits per heavy atom. The normalized spacial score (nSPS) is 13.7. The van der Waals surface area contributed by atoms with Crippen molar-refractivity contribution in [3.8, 4) is 0 Å². The van der Waals surface area contributed by atoms with Crippen LogP contribution in [0.15, 0.2) is 18.2 Å². The van der Waals surface area contributed by atoms with Crippen LogP contribution in [0.1, 0.15) is 22.8 Å². The van der Waals surface area contributed by atoms with Crippen molar-refractivity contribution >= 4 is 23.4 Å². The van der Waals surface area contributed by atoms with Crippen molar-refractivity contribution in [3.63, 3.8) is 0 Å². The number of aromatic carboxylic acids is 1. The Morgan fingerprint density at radius 1 is 1.52 bits per heavy atom. The standard InChI is InChI=1S/C13H18N2O5S/c1-13(18,8-21-2)7-14-6-9-4-3-5-10(15(19)20)11(9)12(16)17/h3-5,14,18H,6-8H2,1-2H3,(H,16,17). The molecule has 7 nitrogen and oxygen atoms in total. The van der Waals surface area contributed by atoms with E-state index < -0.39 is 22.2 Å². The van der Waals surface area contributed by atoms with E-state index in [4.69, 9.17) is 5.11 Å². The molecule has 0 aliphatic carbocycles. The molecule has 3 N–H and O–H groups in total. The average molecular weight is 314 g/mol. The summed E-state index contributed by atoms with van der Waals surface area (Å²) in [6.45, 7) is 2.06. The lowest BCUT2D eigenvalue weighted by molar-refractivity contribution is -0.385. The number of benzene rings is 1. The number of nitrogens with zero attached hydrogens (tertiary/aromatic N) is 1. The van der Waals surface area contributed by atoms with Gasteiger partial charge in [-0.15, -0.1) is 0 Å². The lowest BCUT2D eigenvalue weighted by Gasteiger charge is -2.22. The average Bonchev–Trinajstić information content (AvgIpc) is 2.37. The van der Waals surface area contributed by atoms with Crippen LogP contribution >= 0.6 is 11.8 Å². The van der Waals surface area contributed by atoms with Gasteiger partial charge in [-0.3, -0.25) is 10.1 Å². The number of rotatable bonds is 8. The van der Waals surface area contributed by atoms with E-state index in [1.54, 1.807) is 6.92 Å². The SMILES string of the molecule is CSCC(C)(O)CNCc1cccc([N+](=O)[O-])c1C(=O)O. The first kappa shape index (κ1) is 17.4. The van der Waals surface area contributed by atoms with Crippen molar-refractivity contribution in [3.05, 3.63) is 39.4 Å². The number of nitrogens with one attached hydrogen (secondary N) is 1. The first-order valence-corrected chi connectivity index (χ1v) is 7.59. The molecule has 0 amide bonds. The quantitative estimate of drug-likeness (QED) is 0.492. The predicted octanol–water partition coefficient (Wildman–Crippen LogP) is 1.50. The number of hydrogen-bond acceptors (Lipinski definition) is 6. The highest BCUT2D eigenvalue weighted by Crippen LogP contribution is 2.22. The van der Waals surface area contributed by atoms with Crippen molar-refractivity contribution in [2.24, 2.45) is 0 Å². The summed E-state index contributed by atoms with van der Waals surface area (Å²) >= 11 is 1.50. The number of carboxylic acids is 1. The van der Waals surface area contributed by atoms with Gasteiger partial charge >= 0.3 is 5.97 Å². The first-order chi connectivity index (χ1) is 9.78. The molecule has 1 aromatic rings. The summed E-state index contributed by atoms with van der Waals surface area (Å²) in [4.78, 5) is 21.4. The van der Waals surface area contributed by atoms with E-state index in [0.29, 0.717) is 11.3 Å². The third-order valence-electron chi connectivity index (χ3n) is 2.82. The van der Waals surface area contributed by atoms with Gasteiger partial charge in [0.15, 0.2) is 0 Å². The highest BCUT2D eigenvalue weighted by molar-refractivity contribution is 7.98. The largest absolute Gasteiger partial charge is 0.477 e. The summed E-state index contributed by atoms with van der Waals surface area (Å²) in [5.41, 5.74) is -1.36. The molecule has 0 saturated heterocycles. The number of thioether (sulfide) groups is 1. The molecule has 1 atom stereocenters. The molecule has 0 saturated carbocycles. The zero-order valence-electron chi connectivity index (χ0n) is 11.8. The fourth-order valence-electron chi connectivity index (χ4n) is 1.96. The molecule has 0 aliphatic rings. The number of nitro benzene ring substituents is 1. The number of nitro groups is 1. The van der Waals surface area contributed by atoms with E-state index in [0.717, 1.165) is 6.07 Å². The van der Waals surface area contributed by atoms with Crippen LogP contribution in [0.4, 0.5) is 5.69 Å². The van der Waals surface area contributed by atoms with Gasteiger partial charge in [-0.2, -0.15) is 11.8 Å². The molecule has 0 aliphatic heterocycles. The fraction of sp³-hybridized carbons (Fsp3) is 0.462. The number of hydrogen-bond donors (Lipinski definition) is 3. The maximum atomic E-state index is 11.2. The van der Waals surface area contributed by atoms with Gasteiger partial charge in [-0.05, 0) is 18.7 Å². The minimum absolute atomic E-state index is 0.133. The summed E-state index contributed by atoms with van der Waals surface area (Å²) in [6.07, 6.45) is 1.87. The Bertz CT molecular complexity index is 533. The molecule has 0 heterocycles. The molecule has 1 rings (SSSR count). The lowest BCUT2D eigenvalue weighted by Crippen LogP contribution is -2.39. The van der Waals surface area contributed by atoms with Gasteiger partial charge in [0.2, 0.25) is 0 Å². The van der Waals surface area contributed by atoms with E-state index in [1.807, 2.05) is 6.26 Å². The molecule has 8 heteroatoms. The summed E-state index contributed by atoms with van der Waals surface area (Å²) in [5, 5.41) is 33.0. The van der Waals surface area contributed by atoms with Crippen molar-refractivity contribution in [1.82, 2.24) is 5.32 Å². The van der Waals surface area contributed by atoms with Gasteiger partial charge in [0, 0.05) is 24.9 Å². The van der Waals surface area contributed by atoms with Crippen molar-refractivity contribution in [2.45, 2.75) is 19.1 Å². The van der Waals surface area contributed by atoms with Crippen molar-refractivity contribution in [2.75, 3.05) is 18.6 Å². The topological polar surface area (TPSA) is 113 Å². The summed E-state index contributed by atoms with van der Waals surface area (Å²) in [6, 6.07) is 4.13. The van der Waals surface area contributed by atoms with E-state index in [2.05, 4.69) is 5.32 Å². The summed E-state index contributed by atoms with van der Waals surface area (Å²) in [7, 11) is 0. The van der Waals surface area contributed by atoms with Gasteiger partial charge in [-0.1, -0.05) is 12.1 Å². The third kappa shape index (κ3) is 5.00. The number of carbonyl (C=O) groups is 1.